The van der Waals surface area contributed by atoms with Crippen LogP contribution in [0.3, 0.4) is 0 Å². The minimum Gasteiger partial charge on any atom is -0.386 e. The van der Waals surface area contributed by atoms with Crippen molar-refractivity contribution < 1.29 is 23.1 Å². The third-order valence-electron chi connectivity index (χ3n) is 3.99. The lowest BCUT2D eigenvalue weighted by Crippen LogP contribution is -2.66. The summed E-state index contributed by atoms with van der Waals surface area (Å²) in [7, 11) is 0. The molecule has 0 unspecified atom stereocenters. The van der Waals surface area contributed by atoms with Crippen LogP contribution in [-0.2, 0) is 17.4 Å². The molecule has 1 fully saturated rings. The van der Waals surface area contributed by atoms with E-state index in [-0.39, 0.29) is 31.3 Å². The van der Waals surface area contributed by atoms with Gasteiger partial charge in [0.15, 0.2) is 0 Å². The Labute approximate surface area is 121 Å². The molecule has 6 heteroatoms. The lowest BCUT2D eigenvalue weighted by molar-refractivity contribution is -0.163. The number of amides is 1. The van der Waals surface area contributed by atoms with Crippen molar-refractivity contribution in [1.29, 1.82) is 0 Å². The Morgan fingerprint density at radius 2 is 1.81 bits per heavy atom. The molecule has 0 aromatic heterocycles. The van der Waals surface area contributed by atoms with E-state index in [1.165, 1.54) is 17.0 Å². The van der Waals surface area contributed by atoms with E-state index in [1.807, 2.05) is 13.8 Å². The second-order valence-electron chi connectivity index (χ2n) is 5.88. The molecule has 0 saturated carbocycles. The van der Waals surface area contributed by atoms with Gasteiger partial charge in [-0.3, -0.25) is 4.79 Å². The van der Waals surface area contributed by atoms with E-state index in [2.05, 4.69) is 0 Å². The number of alkyl halides is 3. The van der Waals surface area contributed by atoms with Crippen molar-refractivity contribution in [2.75, 3.05) is 13.1 Å². The lowest BCUT2D eigenvalue weighted by atomic mass is 9.83. The molecular weight excluding hydrogens is 283 g/mol. The molecule has 0 radical (unpaired) electrons. The summed E-state index contributed by atoms with van der Waals surface area (Å²) in [5, 5.41) is 10.1. The Balaban J connectivity index is 1.93. The number of nitrogens with zero attached hydrogens (tertiary/aromatic N) is 1. The van der Waals surface area contributed by atoms with Gasteiger partial charge in [0.2, 0.25) is 5.91 Å². The van der Waals surface area contributed by atoms with E-state index in [9.17, 15) is 23.1 Å². The molecule has 1 heterocycles. The molecular formula is C15H18F3NO2. The average molecular weight is 301 g/mol. The van der Waals surface area contributed by atoms with Gasteiger partial charge in [-0.25, -0.2) is 0 Å². The van der Waals surface area contributed by atoms with Gasteiger partial charge in [-0.2, -0.15) is 13.2 Å². The number of halogens is 3. The topological polar surface area (TPSA) is 40.5 Å². The minimum absolute atomic E-state index is 0.0479. The zero-order valence-corrected chi connectivity index (χ0v) is 11.9. The highest BCUT2D eigenvalue weighted by Crippen LogP contribution is 2.30. The first kappa shape index (κ1) is 15.8. The first-order chi connectivity index (χ1) is 9.62. The summed E-state index contributed by atoms with van der Waals surface area (Å²) in [6, 6.07) is 4.58. The van der Waals surface area contributed by atoms with Gasteiger partial charge in [-0.1, -0.05) is 26.0 Å². The molecule has 0 spiro atoms. The Bertz CT molecular complexity index is 517. The van der Waals surface area contributed by atoms with Gasteiger partial charge < -0.3 is 10.0 Å². The number of hydrogen-bond donors (Lipinski definition) is 1. The standard InChI is InChI=1S/C15H18F3NO2/c1-10(2)14(21)8-19(9-14)13(20)7-11-3-5-12(6-4-11)15(16,17)18/h3-6,10,21H,7-9H2,1-2H3. The normalized spacial score (nSPS) is 17.8. The van der Waals surface area contributed by atoms with Gasteiger partial charge in [-0.05, 0) is 23.6 Å². The molecule has 0 aliphatic carbocycles. The summed E-state index contributed by atoms with van der Waals surface area (Å²) >= 11 is 0. The molecule has 2 rings (SSSR count). The van der Waals surface area contributed by atoms with Gasteiger partial charge >= 0.3 is 6.18 Å². The molecule has 1 aliphatic heterocycles. The van der Waals surface area contributed by atoms with E-state index >= 15 is 0 Å². The Morgan fingerprint density at radius 3 is 2.24 bits per heavy atom. The second kappa shape index (κ2) is 5.33. The molecule has 0 bridgehead atoms. The molecule has 116 valence electrons. The van der Waals surface area contributed by atoms with Crippen molar-refractivity contribution in [2.24, 2.45) is 5.92 Å². The third-order valence-corrected chi connectivity index (χ3v) is 3.99. The number of β-amino-alcohol motifs (C(OH)–C–C–N with tert-alkyl or cyclic N) is 1. The van der Waals surface area contributed by atoms with Gasteiger partial charge in [0.05, 0.1) is 25.1 Å². The Morgan fingerprint density at radius 1 is 1.29 bits per heavy atom. The van der Waals surface area contributed by atoms with Crippen molar-refractivity contribution >= 4 is 5.91 Å². The second-order valence-corrected chi connectivity index (χ2v) is 5.88. The molecule has 1 aromatic rings. The van der Waals surface area contributed by atoms with Crippen LogP contribution in [0.25, 0.3) is 0 Å². The lowest BCUT2D eigenvalue weighted by Gasteiger charge is -2.49. The monoisotopic (exact) mass is 301 g/mol. The van der Waals surface area contributed by atoms with Crippen molar-refractivity contribution in [3.05, 3.63) is 35.4 Å². The van der Waals surface area contributed by atoms with E-state index < -0.39 is 17.3 Å². The van der Waals surface area contributed by atoms with Crippen LogP contribution in [0, 0.1) is 5.92 Å². The molecule has 3 nitrogen and oxygen atoms in total. The molecule has 1 saturated heterocycles. The zero-order chi connectivity index (χ0) is 15.8. The van der Waals surface area contributed by atoms with Crippen LogP contribution < -0.4 is 0 Å². The Kier molecular flexibility index (Phi) is 4.02. The van der Waals surface area contributed by atoms with Crippen molar-refractivity contribution in [3.8, 4) is 0 Å². The van der Waals surface area contributed by atoms with E-state index in [0.29, 0.717) is 5.56 Å². The largest absolute Gasteiger partial charge is 0.416 e. The summed E-state index contributed by atoms with van der Waals surface area (Å²) in [6.45, 7) is 4.34. The quantitative estimate of drug-likeness (QED) is 0.932. The van der Waals surface area contributed by atoms with Crippen molar-refractivity contribution in [2.45, 2.75) is 32.0 Å². The van der Waals surface area contributed by atoms with E-state index in [0.717, 1.165) is 12.1 Å². The highest BCUT2D eigenvalue weighted by Gasteiger charge is 2.45. The van der Waals surface area contributed by atoms with Gasteiger partial charge in [0.1, 0.15) is 5.60 Å². The molecule has 1 aromatic carbocycles. The number of rotatable bonds is 3. The van der Waals surface area contributed by atoms with Gasteiger partial charge in [-0.15, -0.1) is 0 Å². The highest BCUT2D eigenvalue weighted by molar-refractivity contribution is 5.80. The summed E-state index contributed by atoms with van der Waals surface area (Å²) < 4.78 is 37.3. The summed E-state index contributed by atoms with van der Waals surface area (Å²) in [5.41, 5.74) is -1.03. The smallest absolute Gasteiger partial charge is 0.386 e. The molecule has 21 heavy (non-hydrogen) atoms. The number of carbonyl (C=O) groups is 1. The van der Waals surface area contributed by atoms with Crippen LogP contribution in [0.4, 0.5) is 13.2 Å². The SMILES string of the molecule is CC(C)C1(O)CN(C(=O)Cc2ccc(C(F)(F)F)cc2)C1. The van der Waals surface area contributed by atoms with E-state index in [4.69, 9.17) is 0 Å². The predicted molar refractivity (Wildman–Crippen MR) is 71.5 cm³/mol. The van der Waals surface area contributed by atoms with Gasteiger partial charge in [0.25, 0.3) is 0 Å². The number of likely N-dealkylation sites (tertiary alicyclic amines) is 1. The first-order valence-corrected chi connectivity index (χ1v) is 6.78. The maximum atomic E-state index is 12.4. The van der Waals surface area contributed by atoms with Crippen LogP contribution in [0.5, 0.6) is 0 Å². The predicted octanol–water partition coefficient (Wildman–Crippen LogP) is 2.48. The molecule has 1 aliphatic rings. The summed E-state index contributed by atoms with van der Waals surface area (Å²) in [6.07, 6.45) is -4.32. The van der Waals surface area contributed by atoms with Crippen molar-refractivity contribution in [3.63, 3.8) is 0 Å². The van der Waals surface area contributed by atoms with Crippen LogP contribution in [0.2, 0.25) is 0 Å². The Hall–Kier alpha value is -1.56. The highest BCUT2D eigenvalue weighted by atomic mass is 19.4. The molecule has 0 atom stereocenters. The summed E-state index contributed by atoms with van der Waals surface area (Å²) in [4.78, 5) is 13.5. The number of hydrogen-bond acceptors (Lipinski definition) is 2. The van der Waals surface area contributed by atoms with Crippen LogP contribution in [0.15, 0.2) is 24.3 Å². The fourth-order valence-electron chi connectivity index (χ4n) is 2.25. The van der Waals surface area contributed by atoms with Gasteiger partial charge in [0, 0.05) is 0 Å². The van der Waals surface area contributed by atoms with Crippen LogP contribution >= 0.6 is 0 Å². The van der Waals surface area contributed by atoms with Crippen molar-refractivity contribution in [1.82, 2.24) is 4.90 Å². The number of carbonyl (C=O) groups excluding carboxylic acids is 1. The van der Waals surface area contributed by atoms with E-state index in [1.54, 1.807) is 0 Å². The first-order valence-electron chi connectivity index (χ1n) is 6.78. The molecule has 1 N–H and O–H groups in total. The van der Waals surface area contributed by atoms with Crippen LogP contribution in [0.1, 0.15) is 25.0 Å². The fraction of sp³-hybridized carbons (Fsp3) is 0.533. The van der Waals surface area contributed by atoms with Crippen LogP contribution in [-0.4, -0.2) is 34.6 Å². The number of aliphatic hydroxyl groups is 1. The average Bonchev–Trinajstić information content (AvgIpc) is 2.34. The maximum Gasteiger partial charge on any atom is 0.416 e. The zero-order valence-electron chi connectivity index (χ0n) is 11.9. The summed E-state index contributed by atoms with van der Waals surface area (Å²) in [5.74, 6) is -0.118. The number of benzene rings is 1. The minimum atomic E-state index is -4.37. The fourth-order valence-corrected chi connectivity index (χ4v) is 2.25. The third kappa shape index (κ3) is 3.37. The maximum absolute atomic E-state index is 12.4. The molecule has 1 amide bonds.